The van der Waals surface area contributed by atoms with Gasteiger partial charge in [-0.15, -0.1) is 0 Å². The van der Waals surface area contributed by atoms with E-state index >= 15 is 0 Å². The van der Waals surface area contributed by atoms with E-state index in [0.29, 0.717) is 17.8 Å². The van der Waals surface area contributed by atoms with Crippen LogP contribution in [0.3, 0.4) is 0 Å². The largest absolute Gasteiger partial charge is 0.388 e. The Kier molecular flexibility index (Phi) is 4.00. The lowest BCUT2D eigenvalue weighted by atomic mass is 9.73. The molecule has 0 spiro atoms. The molecule has 3 nitrogen and oxygen atoms in total. The molecule has 1 heterocycles. The molecule has 1 N–H and O–H groups in total. The fourth-order valence-electron chi connectivity index (χ4n) is 3.39. The smallest absolute Gasteiger partial charge is 0.0837 e. The molecule has 3 atom stereocenters. The van der Waals surface area contributed by atoms with Crippen molar-refractivity contribution in [1.82, 2.24) is 10.2 Å². The highest BCUT2D eigenvalue weighted by Gasteiger charge is 2.30. The second kappa shape index (κ2) is 5.35. The molecular weight excluding hydrogens is 224 g/mol. The standard InChI is InChI=1S/C15H24N2O/c1-9-5-10(2)7-13(6-9)15(18)14-8-11(3)16-17-12(14)4/h8-10,13,15,18H,5-7H2,1-4H3. The van der Waals surface area contributed by atoms with Gasteiger partial charge >= 0.3 is 0 Å². The first-order valence-electron chi connectivity index (χ1n) is 6.96. The van der Waals surface area contributed by atoms with Crippen LogP contribution in [0.15, 0.2) is 6.07 Å². The minimum absolute atomic E-state index is 0.367. The minimum atomic E-state index is -0.385. The summed E-state index contributed by atoms with van der Waals surface area (Å²) in [6.07, 6.45) is 3.14. The maximum atomic E-state index is 10.6. The fourth-order valence-corrected chi connectivity index (χ4v) is 3.39. The van der Waals surface area contributed by atoms with Gasteiger partial charge in [-0.3, -0.25) is 0 Å². The normalized spacial score (nSPS) is 30.2. The Hall–Kier alpha value is -0.960. The molecule has 0 saturated heterocycles. The summed E-state index contributed by atoms with van der Waals surface area (Å²) in [5.41, 5.74) is 2.71. The molecule has 1 aromatic rings. The summed E-state index contributed by atoms with van der Waals surface area (Å²) < 4.78 is 0. The highest BCUT2D eigenvalue weighted by atomic mass is 16.3. The van der Waals surface area contributed by atoms with Crippen LogP contribution in [-0.2, 0) is 0 Å². The number of aliphatic hydroxyl groups excluding tert-OH is 1. The molecule has 0 aromatic carbocycles. The fraction of sp³-hybridized carbons (Fsp3) is 0.733. The molecule has 2 rings (SSSR count). The quantitative estimate of drug-likeness (QED) is 0.874. The third-order valence-corrected chi connectivity index (χ3v) is 4.12. The Morgan fingerprint density at radius 1 is 1.11 bits per heavy atom. The van der Waals surface area contributed by atoms with Crippen molar-refractivity contribution in [1.29, 1.82) is 0 Å². The molecular formula is C15H24N2O. The Labute approximate surface area is 110 Å². The van der Waals surface area contributed by atoms with Crippen LogP contribution in [0.25, 0.3) is 0 Å². The van der Waals surface area contributed by atoms with Crippen molar-refractivity contribution < 1.29 is 5.11 Å². The summed E-state index contributed by atoms with van der Waals surface area (Å²) in [6.45, 7) is 8.44. The Balaban J connectivity index is 2.19. The molecule has 3 unspecified atom stereocenters. The maximum absolute atomic E-state index is 10.6. The number of aliphatic hydroxyl groups is 1. The number of rotatable bonds is 2. The molecule has 18 heavy (non-hydrogen) atoms. The van der Waals surface area contributed by atoms with Crippen molar-refractivity contribution in [2.24, 2.45) is 17.8 Å². The second-order valence-corrected chi connectivity index (χ2v) is 6.15. The monoisotopic (exact) mass is 248 g/mol. The van der Waals surface area contributed by atoms with Gasteiger partial charge in [-0.2, -0.15) is 10.2 Å². The number of hydrogen-bond donors (Lipinski definition) is 1. The van der Waals surface area contributed by atoms with Crippen LogP contribution in [0.4, 0.5) is 0 Å². The topological polar surface area (TPSA) is 46.0 Å². The van der Waals surface area contributed by atoms with Crippen LogP contribution < -0.4 is 0 Å². The number of aromatic nitrogens is 2. The first-order valence-corrected chi connectivity index (χ1v) is 6.96. The first-order chi connectivity index (χ1) is 8.47. The maximum Gasteiger partial charge on any atom is 0.0837 e. The average Bonchev–Trinajstić information content (AvgIpc) is 2.30. The lowest BCUT2D eigenvalue weighted by Gasteiger charge is -2.34. The molecule has 3 heteroatoms. The van der Waals surface area contributed by atoms with E-state index in [1.54, 1.807) is 0 Å². The van der Waals surface area contributed by atoms with Crippen molar-refractivity contribution in [3.63, 3.8) is 0 Å². The van der Waals surface area contributed by atoms with Crippen molar-refractivity contribution in [3.05, 3.63) is 23.0 Å². The van der Waals surface area contributed by atoms with Gasteiger partial charge in [0.15, 0.2) is 0 Å². The Morgan fingerprint density at radius 2 is 1.72 bits per heavy atom. The molecule has 1 fully saturated rings. The lowest BCUT2D eigenvalue weighted by molar-refractivity contribution is 0.0543. The van der Waals surface area contributed by atoms with Gasteiger partial charge in [0.25, 0.3) is 0 Å². The molecule has 1 aliphatic carbocycles. The average molecular weight is 248 g/mol. The van der Waals surface area contributed by atoms with Gasteiger partial charge in [0, 0.05) is 5.56 Å². The molecule has 1 aliphatic rings. The molecule has 0 radical (unpaired) electrons. The van der Waals surface area contributed by atoms with Crippen LogP contribution in [0, 0.1) is 31.6 Å². The predicted octanol–water partition coefficient (Wildman–Crippen LogP) is 3.20. The zero-order chi connectivity index (χ0) is 13.3. The van der Waals surface area contributed by atoms with Gasteiger partial charge in [0.05, 0.1) is 17.5 Å². The summed E-state index contributed by atoms with van der Waals surface area (Å²) in [5.74, 6) is 1.79. The van der Waals surface area contributed by atoms with Gasteiger partial charge in [-0.1, -0.05) is 13.8 Å². The van der Waals surface area contributed by atoms with Gasteiger partial charge in [-0.25, -0.2) is 0 Å². The van der Waals surface area contributed by atoms with E-state index in [2.05, 4.69) is 24.0 Å². The van der Waals surface area contributed by atoms with Gasteiger partial charge < -0.3 is 5.11 Å². The summed E-state index contributed by atoms with van der Waals surface area (Å²) in [6, 6.07) is 1.98. The molecule has 1 aromatic heterocycles. The Morgan fingerprint density at radius 3 is 2.33 bits per heavy atom. The van der Waals surface area contributed by atoms with E-state index in [-0.39, 0.29) is 6.10 Å². The Bertz CT molecular complexity index is 409. The minimum Gasteiger partial charge on any atom is -0.388 e. The molecule has 100 valence electrons. The zero-order valence-corrected chi connectivity index (χ0v) is 11.8. The molecule has 1 saturated carbocycles. The SMILES string of the molecule is Cc1cc(C(O)C2CC(C)CC(C)C2)c(C)nn1. The van der Waals surface area contributed by atoms with Crippen molar-refractivity contribution in [2.75, 3.05) is 0 Å². The summed E-state index contributed by atoms with van der Waals surface area (Å²) in [5, 5.41) is 18.8. The number of hydrogen-bond acceptors (Lipinski definition) is 3. The van der Waals surface area contributed by atoms with Gasteiger partial charge in [-0.05, 0) is 56.9 Å². The molecule has 0 amide bonds. The van der Waals surface area contributed by atoms with E-state index in [4.69, 9.17) is 0 Å². The second-order valence-electron chi connectivity index (χ2n) is 6.15. The lowest BCUT2D eigenvalue weighted by Crippen LogP contribution is -2.25. The number of nitrogens with zero attached hydrogens (tertiary/aromatic N) is 2. The van der Waals surface area contributed by atoms with Gasteiger partial charge in [0.2, 0.25) is 0 Å². The van der Waals surface area contributed by atoms with Crippen molar-refractivity contribution in [3.8, 4) is 0 Å². The van der Waals surface area contributed by atoms with E-state index in [9.17, 15) is 5.11 Å². The third-order valence-electron chi connectivity index (χ3n) is 4.12. The highest BCUT2D eigenvalue weighted by molar-refractivity contribution is 5.23. The van der Waals surface area contributed by atoms with Crippen LogP contribution in [0.1, 0.15) is 56.2 Å². The van der Waals surface area contributed by atoms with Crippen molar-refractivity contribution >= 4 is 0 Å². The van der Waals surface area contributed by atoms with Crippen molar-refractivity contribution in [2.45, 2.75) is 53.1 Å². The summed E-state index contributed by atoms with van der Waals surface area (Å²) >= 11 is 0. The van der Waals surface area contributed by atoms with E-state index < -0.39 is 0 Å². The number of aryl methyl sites for hydroxylation is 2. The van der Waals surface area contributed by atoms with E-state index in [1.165, 1.54) is 6.42 Å². The van der Waals surface area contributed by atoms with Crippen LogP contribution in [-0.4, -0.2) is 15.3 Å². The van der Waals surface area contributed by atoms with Crippen LogP contribution >= 0.6 is 0 Å². The highest BCUT2D eigenvalue weighted by Crippen LogP contribution is 2.40. The zero-order valence-electron chi connectivity index (χ0n) is 11.8. The third kappa shape index (κ3) is 2.89. The summed E-state index contributed by atoms with van der Waals surface area (Å²) in [4.78, 5) is 0. The van der Waals surface area contributed by atoms with Crippen LogP contribution in [0.5, 0.6) is 0 Å². The molecule has 0 bridgehead atoms. The summed E-state index contributed by atoms with van der Waals surface area (Å²) in [7, 11) is 0. The first kappa shape index (κ1) is 13.5. The molecule has 0 aliphatic heterocycles. The predicted molar refractivity (Wildman–Crippen MR) is 72.1 cm³/mol. The van der Waals surface area contributed by atoms with Gasteiger partial charge in [0.1, 0.15) is 0 Å². The van der Waals surface area contributed by atoms with E-state index in [1.807, 2.05) is 19.9 Å². The van der Waals surface area contributed by atoms with Crippen LogP contribution in [0.2, 0.25) is 0 Å². The van der Waals surface area contributed by atoms with E-state index in [0.717, 1.165) is 29.8 Å².